The lowest BCUT2D eigenvalue weighted by atomic mass is 10.2. The van der Waals surface area contributed by atoms with Crippen molar-refractivity contribution >= 4 is 17.6 Å². The highest BCUT2D eigenvalue weighted by Crippen LogP contribution is 2.20. The summed E-state index contributed by atoms with van der Waals surface area (Å²) in [5, 5.41) is 14.3. The summed E-state index contributed by atoms with van der Waals surface area (Å²) in [6, 6.07) is 0. The second kappa shape index (κ2) is 4.56. The minimum atomic E-state index is -4.78. The van der Waals surface area contributed by atoms with E-state index < -0.39 is 23.8 Å². The molecular weight excluding hydrogens is 237 g/mol. The van der Waals surface area contributed by atoms with Crippen molar-refractivity contribution < 1.29 is 18.0 Å². The lowest BCUT2D eigenvalue weighted by Gasteiger charge is -2.36. The van der Waals surface area contributed by atoms with Crippen molar-refractivity contribution in [2.24, 2.45) is 0 Å². The number of hydrogen-bond donors (Lipinski definition) is 2. The van der Waals surface area contributed by atoms with Crippen molar-refractivity contribution in [1.82, 2.24) is 9.80 Å². The largest absolute Gasteiger partial charge is 0.449 e. The molecule has 1 fully saturated rings. The van der Waals surface area contributed by atoms with E-state index in [9.17, 15) is 18.0 Å². The summed E-state index contributed by atoms with van der Waals surface area (Å²) in [5.41, 5.74) is 0. The van der Waals surface area contributed by atoms with Crippen LogP contribution in [0.2, 0.25) is 0 Å². The zero-order valence-corrected chi connectivity index (χ0v) is 8.84. The smallest absolute Gasteiger partial charge is 0.330 e. The Morgan fingerprint density at radius 2 is 2.00 bits per heavy atom. The predicted octanol–water partition coefficient (Wildman–Crippen LogP) is 0.833. The zero-order valence-electron chi connectivity index (χ0n) is 8.84. The Morgan fingerprint density at radius 1 is 1.41 bits per heavy atom. The maximum absolute atomic E-state index is 12.3. The van der Waals surface area contributed by atoms with Crippen molar-refractivity contribution in [3.05, 3.63) is 12.7 Å². The Labute approximate surface area is 95.5 Å². The van der Waals surface area contributed by atoms with Gasteiger partial charge in [0, 0.05) is 13.1 Å². The molecule has 8 heteroatoms. The van der Waals surface area contributed by atoms with Crippen LogP contribution in [-0.4, -0.2) is 53.2 Å². The second-order valence-corrected chi connectivity index (χ2v) is 3.41. The number of hydrogen-bond acceptors (Lipinski definition) is 3. The number of piperazine rings is 1. The van der Waals surface area contributed by atoms with Gasteiger partial charge in [-0.2, -0.15) is 13.2 Å². The fourth-order valence-electron chi connectivity index (χ4n) is 1.42. The first kappa shape index (κ1) is 13.2. The molecule has 1 rings (SSSR count). The van der Waals surface area contributed by atoms with Crippen LogP contribution in [0.1, 0.15) is 0 Å². The van der Waals surface area contributed by atoms with Gasteiger partial charge < -0.3 is 9.80 Å². The van der Waals surface area contributed by atoms with Crippen LogP contribution in [0.3, 0.4) is 0 Å². The standard InChI is InChI=1S/C9H11F3N4O/c1-2-7(17)15-3-4-16(6(13)5-15)8(14)9(10,11)12/h2,13-14H,1,3-5H2. The van der Waals surface area contributed by atoms with Crippen LogP contribution in [0.5, 0.6) is 0 Å². The number of carbonyl (C=O) groups is 1. The van der Waals surface area contributed by atoms with Crippen LogP contribution in [0.4, 0.5) is 13.2 Å². The molecule has 0 aliphatic carbocycles. The van der Waals surface area contributed by atoms with E-state index in [1.807, 2.05) is 0 Å². The van der Waals surface area contributed by atoms with Crippen LogP contribution in [0, 0.1) is 10.8 Å². The summed E-state index contributed by atoms with van der Waals surface area (Å²) in [5.74, 6) is -2.44. The van der Waals surface area contributed by atoms with Gasteiger partial charge in [0.2, 0.25) is 11.7 Å². The summed E-state index contributed by atoms with van der Waals surface area (Å²) in [7, 11) is 0. The van der Waals surface area contributed by atoms with Gasteiger partial charge in [-0.3, -0.25) is 15.6 Å². The number of amidine groups is 2. The monoisotopic (exact) mass is 248 g/mol. The highest BCUT2D eigenvalue weighted by molar-refractivity contribution is 6.03. The highest BCUT2D eigenvalue weighted by atomic mass is 19.4. The maximum Gasteiger partial charge on any atom is 0.449 e. The van der Waals surface area contributed by atoms with Crippen molar-refractivity contribution in [1.29, 1.82) is 10.8 Å². The number of nitrogens with zero attached hydrogens (tertiary/aromatic N) is 2. The molecule has 94 valence electrons. The number of alkyl halides is 3. The Bertz CT molecular complexity index is 377. The Morgan fingerprint density at radius 3 is 2.41 bits per heavy atom. The van der Waals surface area contributed by atoms with Gasteiger partial charge in [0.05, 0.1) is 6.54 Å². The molecule has 0 unspecified atom stereocenters. The van der Waals surface area contributed by atoms with Crippen LogP contribution < -0.4 is 0 Å². The average molecular weight is 248 g/mol. The summed E-state index contributed by atoms with van der Waals surface area (Å²) < 4.78 is 36.8. The van der Waals surface area contributed by atoms with Gasteiger partial charge in [0.15, 0.2) is 0 Å². The van der Waals surface area contributed by atoms with E-state index in [1.54, 1.807) is 0 Å². The highest BCUT2D eigenvalue weighted by Gasteiger charge is 2.41. The molecule has 1 amide bonds. The molecule has 0 aromatic rings. The van der Waals surface area contributed by atoms with Crippen LogP contribution in [-0.2, 0) is 4.79 Å². The van der Waals surface area contributed by atoms with E-state index in [4.69, 9.17) is 10.8 Å². The maximum atomic E-state index is 12.3. The molecule has 0 aromatic carbocycles. The quantitative estimate of drug-likeness (QED) is 0.410. The van der Waals surface area contributed by atoms with Crippen LogP contribution in [0.25, 0.3) is 0 Å². The molecule has 1 aliphatic rings. The summed E-state index contributed by atoms with van der Waals surface area (Å²) in [4.78, 5) is 13.0. The molecule has 0 bridgehead atoms. The average Bonchev–Trinajstić information content (AvgIpc) is 2.25. The van der Waals surface area contributed by atoms with E-state index in [2.05, 4.69) is 6.58 Å². The van der Waals surface area contributed by atoms with Crippen molar-refractivity contribution in [3.8, 4) is 0 Å². The Kier molecular flexibility index (Phi) is 3.54. The number of nitrogens with one attached hydrogen (secondary N) is 2. The SMILES string of the molecule is C=CC(=O)N1CCN(C(=N)C(F)(F)F)C(=N)C1. The molecule has 0 atom stereocenters. The topological polar surface area (TPSA) is 71.2 Å². The zero-order chi connectivity index (χ0) is 13.2. The molecule has 1 aliphatic heterocycles. The van der Waals surface area contributed by atoms with Gasteiger partial charge in [-0.1, -0.05) is 6.58 Å². The number of carbonyl (C=O) groups excluding carboxylic acids is 1. The van der Waals surface area contributed by atoms with E-state index in [0.717, 1.165) is 6.08 Å². The molecule has 0 saturated carbocycles. The van der Waals surface area contributed by atoms with Gasteiger partial charge in [-0.25, -0.2) is 0 Å². The fraction of sp³-hybridized carbons (Fsp3) is 0.444. The molecule has 17 heavy (non-hydrogen) atoms. The van der Waals surface area contributed by atoms with Gasteiger partial charge in [0.1, 0.15) is 5.84 Å². The third-order valence-corrected chi connectivity index (χ3v) is 2.28. The Balaban J connectivity index is 2.73. The summed E-state index contributed by atoms with van der Waals surface area (Å²) in [6.07, 6.45) is -3.74. The minimum absolute atomic E-state index is 0.0334. The molecule has 2 N–H and O–H groups in total. The van der Waals surface area contributed by atoms with Crippen LogP contribution >= 0.6 is 0 Å². The minimum Gasteiger partial charge on any atom is -0.330 e. The molecule has 5 nitrogen and oxygen atoms in total. The predicted molar refractivity (Wildman–Crippen MR) is 55.0 cm³/mol. The van der Waals surface area contributed by atoms with Gasteiger partial charge in [0.25, 0.3) is 0 Å². The summed E-state index contributed by atoms with van der Waals surface area (Å²) in [6.45, 7) is 2.83. The van der Waals surface area contributed by atoms with Gasteiger partial charge in [-0.05, 0) is 6.08 Å². The van der Waals surface area contributed by atoms with Gasteiger partial charge in [-0.15, -0.1) is 0 Å². The third kappa shape index (κ3) is 2.83. The Hall–Kier alpha value is -1.86. The van der Waals surface area contributed by atoms with Crippen molar-refractivity contribution in [3.63, 3.8) is 0 Å². The first-order valence-electron chi connectivity index (χ1n) is 4.69. The van der Waals surface area contributed by atoms with E-state index in [-0.39, 0.29) is 19.6 Å². The van der Waals surface area contributed by atoms with Crippen molar-refractivity contribution in [2.75, 3.05) is 19.6 Å². The molecular formula is C9H11F3N4O. The lowest BCUT2D eigenvalue weighted by Crippen LogP contribution is -2.56. The molecule has 0 radical (unpaired) electrons. The van der Waals surface area contributed by atoms with E-state index in [1.165, 1.54) is 4.90 Å². The lowest BCUT2D eigenvalue weighted by molar-refractivity contribution is -0.125. The van der Waals surface area contributed by atoms with Crippen LogP contribution in [0.15, 0.2) is 12.7 Å². The van der Waals surface area contributed by atoms with Gasteiger partial charge >= 0.3 is 6.18 Å². The molecule has 0 spiro atoms. The van der Waals surface area contributed by atoms with E-state index >= 15 is 0 Å². The number of amides is 1. The molecule has 1 saturated heterocycles. The first-order valence-corrected chi connectivity index (χ1v) is 4.69. The number of rotatable bonds is 1. The first-order chi connectivity index (χ1) is 7.77. The van der Waals surface area contributed by atoms with E-state index in [0.29, 0.717) is 4.90 Å². The summed E-state index contributed by atoms with van der Waals surface area (Å²) >= 11 is 0. The number of halogens is 3. The van der Waals surface area contributed by atoms with Crippen molar-refractivity contribution in [2.45, 2.75) is 6.18 Å². The fourth-order valence-corrected chi connectivity index (χ4v) is 1.42. The molecule has 1 heterocycles. The molecule has 0 aromatic heterocycles. The second-order valence-electron chi connectivity index (χ2n) is 3.41. The normalized spacial score (nSPS) is 17.0. The third-order valence-electron chi connectivity index (χ3n) is 2.28.